The van der Waals surface area contributed by atoms with Gasteiger partial charge in [0, 0.05) is 18.7 Å². The Bertz CT molecular complexity index is 646. The normalized spacial score (nSPS) is 18.1. The summed E-state index contributed by atoms with van der Waals surface area (Å²) in [7, 11) is 0. The van der Waals surface area contributed by atoms with Crippen LogP contribution in [-0.4, -0.2) is 39.6 Å². The van der Waals surface area contributed by atoms with E-state index in [-0.39, 0.29) is 24.1 Å². The Morgan fingerprint density at radius 2 is 2.29 bits per heavy atom. The molecule has 7 nitrogen and oxygen atoms in total. The summed E-state index contributed by atoms with van der Waals surface area (Å²) < 4.78 is 10.3. The average molecular weight is 290 g/mol. The van der Waals surface area contributed by atoms with Crippen molar-refractivity contribution in [1.29, 1.82) is 0 Å². The van der Waals surface area contributed by atoms with Gasteiger partial charge in [0.2, 0.25) is 5.76 Å². The Kier molecular flexibility index (Phi) is 3.47. The highest BCUT2D eigenvalue weighted by Crippen LogP contribution is 2.25. The maximum absolute atomic E-state index is 12.4. The number of aromatic nitrogens is 1. The zero-order chi connectivity index (χ0) is 14.8. The number of amides is 1. The van der Waals surface area contributed by atoms with E-state index < -0.39 is 5.97 Å². The van der Waals surface area contributed by atoms with Crippen LogP contribution < -0.4 is 0 Å². The first-order valence-electron chi connectivity index (χ1n) is 6.68. The molecule has 1 N–H and O–H groups in total. The van der Waals surface area contributed by atoms with Gasteiger partial charge in [-0.3, -0.25) is 9.59 Å². The van der Waals surface area contributed by atoms with E-state index in [1.165, 1.54) is 12.3 Å². The van der Waals surface area contributed by atoms with Crippen LogP contribution in [0.4, 0.5) is 0 Å². The van der Waals surface area contributed by atoms with E-state index in [0.29, 0.717) is 24.5 Å². The third-order valence-electron chi connectivity index (χ3n) is 3.54. The zero-order valence-electron chi connectivity index (χ0n) is 11.2. The molecule has 2 aromatic rings. The predicted molar refractivity (Wildman–Crippen MR) is 70.5 cm³/mol. The second-order valence-corrected chi connectivity index (χ2v) is 4.95. The molecule has 1 fully saturated rings. The largest absolute Gasteiger partial charge is 0.481 e. The van der Waals surface area contributed by atoms with Crippen LogP contribution >= 0.6 is 0 Å². The van der Waals surface area contributed by atoms with Crippen molar-refractivity contribution in [2.45, 2.75) is 25.3 Å². The van der Waals surface area contributed by atoms with Crippen LogP contribution in [0.2, 0.25) is 0 Å². The highest BCUT2D eigenvalue weighted by Gasteiger charge is 2.32. The summed E-state index contributed by atoms with van der Waals surface area (Å²) in [5.41, 5.74) is 0.165. The van der Waals surface area contributed by atoms with Crippen LogP contribution in [0.1, 0.15) is 29.8 Å². The van der Waals surface area contributed by atoms with Crippen molar-refractivity contribution in [3.63, 3.8) is 0 Å². The minimum Gasteiger partial charge on any atom is -0.481 e. The summed E-state index contributed by atoms with van der Waals surface area (Å²) in [5, 5.41) is 12.6. The second-order valence-electron chi connectivity index (χ2n) is 4.95. The molecule has 1 unspecified atom stereocenters. The number of hydrogen-bond donors (Lipinski definition) is 1. The highest BCUT2D eigenvalue weighted by molar-refractivity contribution is 5.93. The fourth-order valence-electron chi connectivity index (χ4n) is 2.57. The van der Waals surface area contributed by atoms with Crippen molar-refractivity contribution in [1.82, 2.24) is 10.1 Å². The van der Waals surface area contributed by atoms with Crippen molar-refractivity contribution < 1.29 is 23.6 Å². The summed E-state index contributed by atoms with van der Waals surface area (Å²) >= 11 is 0. The fraction of sp³-hybridized carbons (Fsp3) is 0.357. The Morgan fingerprint density at radius 1 is 1.43 bits per heavy atom. The van der Waals surface area contributed by atoms with Gasteiger partial charge in [-0.2, -0.15) is 0 Å². The van der Waals surface area contributed by atoms with Gasteiger partial charge in [-0.1, -0.05) is 5.16 Å². The van der Waals surface area contributed by atoms with Crippen molar-refractivity contribution >= 4 is 11.9 Å². The third-order valence-corrected chi connectivity index (χ3v) is 3.54. The first kappa shape index (κ1) is 13.4. The molecule has 0 spiro atoms. The molecule has 0 aromatic carbocycles. The molecule has 0 radical (unpaired) electrons. The topological polar surface area (TPSA) is 96.8 Å². The fourth-order valence-corrected chi connectivity index (χ4v) is 2.57. The molecular weight excluding hydrogens is 276 g/mol. The molecule has 1 saturated heterocycles. The van der Waals surface area contributed by atoms with Gasteiger partial charge in [0.1, 0.15) is 0 Å². The van der Waals surface area contributed by atoms with Crippen LogP contribution in [0.5, 0.6) is 0 Å². The van der Waals surface area contributed by atoms with Gasteiger partial charge >= 0.3 is 5.97 Å². The lowest BCUT2D eigenvalue weighted by Crippen LogP contribution is -2.37. The number of carboxylic acid groups (broad SMARTS) is 1. The van der Waals surface area contributed by atoms with E-state index in [9.17, 15) is 9.59 Å². The molecule has 1 aliphatic rings. The molecule has 110 valence electrons. The van der Waals surface area contributed by atoms with Gasteiger partial charge in [-0.15, -0.1) is 0 Å². The molecule has 21 heavy (non-hydrogen) atoms. The first-order chi connectivity index (χ1) is 10.1. The number of carbonyl (C=O) groups is 2. The Hall–Kier alpha value is -2.57. The number of rotatable bonds is 4. The number of aliphatic carboxylic acids is 1. The Morgan fingerprint density at radius 3 is 3.00 bits per heavy atom. The molecule has 1 atom stereocenters. The van der Waals surface area contributed by atoms with Crippen molar-refractivity contribution in [2.24, 2.45) is 0 Å². The van der Waals surface area contributed by atoms with Crippen LogP contribution in [-0.2, 0) is 4.79 Å². The van der Waals surface area contributed by atoms with Gasteiger partial charge < -0.3 is 18.9 Å². The average Bonchev–Trinajstić information content (AvgIpc) is 3.18. The van der Waals surface area contributed by atoms with Crippen LogP contribution in [0.3, 0.4) is 0 Å². The summed E-state index contributed by atoms with van der Waals surface area (Å²) in [5.74, 6) is -0.348. The highest BCUT2D eigenvalue weighted by atomic mass is 16.5. The van der Waals surface area contributed by atoms with E-state index in [4.69, 9.17) is 14.0 Å². The maximum Gasteiger partial charge on any atom is 0.305 e. The zero-order valence-corrected chi connectivity index (χ0v) is 11.2. The minimum absolute atomic E-state index is 0.0470. The van der Waals surface area contributed by atoms with Gasteiger partial charge in [-0.25, -0.2) is 0 Å². The molecule has 3 heterocycles. The molecular formula is C14H14N2O5. The van der Waals surface area contributed by atoms with Crippen molar-refractivity contribution in [3.8, 4) is 11.5 Å². The number of furan rings is 1. The van der Waals surface area contributed by atoms with Gasteiger partial charge in [0.15, 0.2) is 11.5 Å². The van der Waals surface area contributed by atoms with Crippen LogP contribution in [0.15, 0.2) is 33.4 Å². The molecule has 0 bridgehead atoms. The lowest BCUT2D eigenvalue weighted by Gasteiger charge is -2.22. The lowest BCUT2D eigenvalue weighted by atomic mass is 10.1. The first-order valence-corrected chi connectivity index (χ1v) is 6.68. The van der Waals surface area contributed by atoms with Gasteiger partial charge in [0.05, 0.1) is 12.7 Å². The monoisotopic (exact) mass is 290 g/mol. The van der Waals surface area contributed by atoms with E-state index >= 15 is 0 Å². The standard InChI is InChI=1S/C14H14N2O5/c17-13(18)7-9-3-1-5-16(9)14(19)10-8-12(21-15-10)11-4-2-6-20-11/h2,4,6,8-9H,1,3,5,7H2,(H,17,18). The van der Waals surface area contributed by atoms with E-state index in [1.807, 2.05) is 0 Å². The SMILES string of the molecule is O=C(O)CC1CCCN1C(=O)c1cc(-c2ccco2)on1. The smallest absolute Gasteiger partial charge is 0.305 e. The minimum atomic E-state index is -0.906. The van der Waals surface area contributed by atoms with Gasteiger partial charge in [0.25, 0.3) is 5.91 Å². The molecule has 1 aliphatic heterocycles. The summed E-state index contributed by atoms with van der Waals surface area (Å²) in [6, 6.07) is 4.65. The maximum atomic E-state index is 12.4. The predicted octanol–water partition coefficient (Wildman–Crippen LogP) is 2.01. The van der Waals surface area contributed by atoms with Gasteiger partial charge in [-0.05, 0) is 25.0 Å². The van der Waals surface area contributed by atoms with E-state index in [1.54, 1.807) is 17.0 Å². The van der Waals surface area contributed by atoms with E-state index in [0.717, 1.165) is 6.42 Å². The number of nitrogens with zero attached hydrogens (tertiary/aromatic N) is 2. The quantitative estimate of drug-likeness (QED) is 0.925. The number of carbonyl (C=O) groups excluding carboxylic acids is 1. The summed E-state index contributed by atoms with van der Waals surface area (Å²) in [6.45, 7) is 0.541. The number of hydrogen-bond acceptors (Lipinski definition) is 5. The molecule has 2 aromatic heterocycles. The van der Waals surface area contributed by atoms with Crippen molar-refractivity contribution in [3.05, 3.63) is 30.2 Å². The third kappa shape index (κ3) is 2.67. The molecule has 7 heteroatoms. The van der Waals surface area contributed by atoms with E-state index in [2.05, 4.69) is 5.16 Å². The van der Waals surface area contributed by atoms with Crippen LogP contribution in [0.25, 0.3) is 11.5 Å². The molecule has 0 saturated carbocycles. The number of carboxylic acids is 1. The van der Waals surface area contributed by atoms with Crippen molar-refractivity contribution in [2.75, 3.05) is 6.54 Å². The molecule has 1 amide bonds. The number of likely N-dealkylation sites (tertiary alicyclic amines) is 1. The summed E-state index contributed by atoms with van der Waals surface area (Å²) in [6.07, 6.45) is 2.95. The molecule has 3 rings (SSSR count). The van der Waals surface area contributed by atoms with Crippen LogP contribution in [0, 0.1) is 0 Å². The Labute approximate surface area is 120 Å². The Balaban J connectivity index is 1.77. The summed E-state index contributed by atoms with van der Waals surface area (Å²) in [4.78, 5) is 24.8. The molecule has 0 aliphatic carbocycles. The second kappa shape index (κ2) is 5.43. The lowest BCUT2D eigenvalue weighted by molar-refractivity contribution is -0.137.